The Hall–Kier alpha value is -2.05. The highest BCUT2D eigenvalue weighted by molar-refractivity contribution is 5.87. The van der Waals surface area contributed by atoms with Crippen molar-refractivity contribution in [2.24, 2.45) is 7.05 Å². The molecular weight excluding hydrogens is 250 g/mol. The molecule has 2 rings (SSSR count). The second-order valence-corrected chi connectivity index (χ2v) is 4.61. The number of carbonyl (C=O) groups excluding carboxylic acids is 1. The lowest BCUT2D eigenvalue weighted by Gasteiger charge is -2.21. The first-order chi connectivity index (χ1) is 8.95. The lowest BCUT2D eigenvalue weighted by atomic mass is 10.2. The number of carbonyl (C=O) groups is 2. The predicted molar refractivity (Wildman–Crippen MR) is 65.7 cm³/mol. The van der Waals surface area contributed by atoms with E-state index in [1.807, 2.05) is 6.92 Å². The van der Waals surface area contributed by atoms with Gasteiger partial charge >= 0.3 is 5.97 Å². The molecule has 1 aliphatic rings. The fraction of sp³-hybridized carbons (Fsp3) is 0.583. The minimum Gasteiger partial charge on any atom is -0.481 e. The monoisotopic (exact) mass is 267 g/mol. The molecule has 0 aromatic carbocycles. The van der Waals surface area contributed by atoms with E-state index in [-0.39, 0.29) is 18.9 Å². The van der Waals surface area contributed by atoms with E-state index in [1.165, 1.54) is 12.0 Å². The second kappa shape index (κ2) is 4.91. The van der Waals surface area contributed by atoms with Crippen LogP contribution in [0.3, 0.4) is 0 Å². The number of amides is 1. The van der Waals surface area contributed by atoms with Crippen LogP contribution in [0, 0.1) is 6.92 Å². The molecule has 0 bridgehead atoms. The van der Waals surface area contributed by atoms with Crippen LogP contribution in [0.4, 0.5) is 0 Å². The molecular formula is C12H17N3O4. The van der Waals surface area contributed by atoms with Crippen LogP contribution in [0.5, 0.6) is 5.88 Å². The molecule has 0 spiro atoms. The molecule has 104 valence electrons. The topological polar surface area (TPSA) is 84.7 Å². The average Bonchev–Trinajstić information content (AvgIpc) is 2.82. The number of methoxy groups -OCH3 is 1. The van der Waals surface area contributed by atoms with Gasteiger partial charge in [-0.1, -0.05) is 0 Å². The van der Waals surface area contributed by atoms with Gasteiger partial charge in [-0.3, -0.25) is 4.79 Å². The normalized spacial score (nSPS) is 19.0. The van der Waals surface area contributed by atoms with E-state index in [2.05, 4.69) is 5.10 Å². The summed E-state index contributed by atoms with van der Waals surface area (Å²) in [6.07, 6.45) is 0.633. The summed E-state index contributed by atoms with van der Waals surface area (Å²) in [7, 11) is 3.27. The van der Waals surface area contributed by atoms with E-state index in [1.54, 1.807) is 11.7 Å². The summed E-state index contributed by atoms with van der Waals surface area (Å²) >= 11 is 0. The van der Waals surface area contributed by atoms with Crippen molar-refractivity contribution in [1.82, 2.24) is 14.7 Å². The molecule has 0 saturated carbocycles. The smallest absolute Gasteiger partial charge is 0.326 e. The first-order valence-electron chi connectivity index (χ1n) is 6.04. The fourth-order valence-electron chi connectivity index (χ4n) is 2.48. The summed E-state index contributed by atoms with van der Waals surface area (Å²) in [5, 5.41) is 13.4. The quantitative estimate of drug-likeness (QED) is 0.848. The number of aliphatic carboxylic acids is 1. The Kier molecular flexibility index (Phi) is 3.46. The van der Waals surface area contributed by atoms with Gasteiger partial charge in [0.05, 0.1) is 24.9 Å². The van der Waals surface area contributed by atoms with Crippen molar-refractivity contribution in [3.8, 4) is 5.88 Å². The molecule has 1 N–H and O–H groups in total. The van der Waals surface area contributed by atoms with Crippen LogP contribution in [0.15, 0.2) is 0 Å². The second-order valence-electron chi connectivity index (χ2n) is 4.61. The zero-order valence-electron chi connectivity index (χ0n) is 11.2. The maximum atomic E-state index is 11.8. The maximum absolute atomic E-state index is 11.8. The molecule has 1 saturated heterocycles. The number of carboxylic acid groups (broad SMARTS) is 1. The van der Waals surface area contributed by atoms with Gasteiger partial charge in [-0.05, 0) is 13.3 Å². The van der Waals surface area contributed by atoms with Crippen molar-refractivity contribution in [2.45, 2.75) is 32.4 Å². The summed E-state index contributed by atoms with van der Waals surface area (Å²) in [6.45, 7) is 2.03. The Morgan fingerprint density at radius 2 is 2.26 bits per heavy atom. The summed E-state index contributed by atoms with van der Waals surface area (Å²) < 4.78 is 6.84. The van der Waals surface area contributed by atoms with E-state index < -0.39 is 12.0 Å². The van der Waals surface area contributed by atoms with Crippen LogP contribution < -0.4 is 4.74 Å². The Balaban J connectivity index is 2.29. The number of hydrogen-bond donors (Lipinski definition) is 1. The number of ether oxygens (including phenoxy) is 1. The molecule has 0 radical (unpaired) electrons. The standard InChI is InChI=1S/C12H17N3O4/c1-7-8(11(19-3)14(2)13-7)6-15-9(12(17)18)4-5-10(15)16/h9H,4-6H2,1-3H3,(H,17,18). The van der Waals surface area contributed by atoms with Crippen LogP contribution in [-0.4, -0.2) is 44.8 Å². The van der Waals surface area contributed by atoms with Crippen LogP contribution in [0.1, 0.15) is 24.1 Å². The molecule has 19 heavy (non-hydrogen) atoms. The number of rotatable bonds is 4. The van der Waals surface area contributed by atoms with Gasteiger partial charge in [-0.15, -0.1) is 0 Å². The molecule has 0 aliphatic carbocycles. The summed E-state index contributed by atoms with van der Waals surface area (Å²) in [5.74, 6) is -0.551. The zero-order chi connectivity index (χ0) is 14.2. The molecule has 1 fully saturated rings. The maximum Gasteiger partial charge on any atom is 0.326 e. The number of aromatic nitrogens is 2. The molecule has 1 aromatic heterocycles. The van der Waals surface area contributed by atoms with Crippen molar-refractivity contribution < 1.29 is 19.4 Å². The first-order valence-corrected chi connectivity index (χ1v) is 6.04. The van der Waals surface area contributed by atoms with Crippen LogP contribution >= 0.6 is 0 Å². The minimum atomic E-state index is -0.966. The Bertz CT molecular complexity index is 523. The molecule has 1 aromatic rings. The van der Waals surface area contributed by atoms with E-state index in [9.17, 15) is 9.59 Å². The highest BCUT2D eigenvalue weighted by Gasteiger charge is 2.37. The number of hydrogen-bond acceptors (Lipinski definition) is 4. The first kappa shape index (κ1) is 13.4. The van der Waals surface area contributed by atoms with E-state index in [0.29, 0.717) is 12.3 Å². The van der Waals surface area contributed by atoms with Gasteiger partial charge in [0.25, 0.3) is 0 Å². The third kappa shape index (κ3) is 2.27. The average molecular weight is 267 g/mol. The molecule has 1 atom stereocenters. The molecule has 2 heterocycles. The van der Waals surface area contributed by atoms with Gasteiger partial charge in [0, 0.05) is 13.5 Å². The van der Waals surface area contributed by atoms with Crippen molar-refractivity contribution in [1.29, 1.82) is 0 Å². The van der Waals surface area contributed by atoms with Crippen LogP contribution in [0.2, 0.25) is 0 Å². The van der Waals surface area contributed by atoms with Gasteiger partial charge in [-0.25, -0.2) is 9.48 Å². The molecule has 1 unspecified atom stereocenters. The van der Waals surface area contributed by atoms with E-state index in [4.69, 9.17) is 9.84 Å². The van der Waals surface area contributed by atoms with Gasteiger partial charge in [0.2, 0.25) is 11.8 Å². The largest absolute Gasteiger partial charge is 0.481 e. The lowest BCUT2D eigenvalue weighted by Crippen LogP contribution is -2.38. The van der Waals surface area contributed by atoms with Crippen LogP contribution in [0.25, 0.3) is 0 Å². The Morgan fingerprint density at radius 3 is 2.84 bits per heavy atom. The third-order valence-corrected chi connectivity index (χ3v) is 3.42. The molecule has 7 heteroatoms. The highest BCUT2D eigenvalue weighted by atomic mass is 16.5. The minimum absolute atomic E-state index is 0.141. The van der Waals surface area contributed by atoms with Crippen molar-refractivity contribution in [3.05, 3.63) is 11.3 Å². The van der Waals surface area contributed by atoms with Crippen molar-refractivity contribution in [2.75, 3.05) is 7.11 Å². The van der Waals surface area contributed by atoms with E-state index >= 15 is 0 Å². The number of carboxylic acids is 1. The summed E-state index contributed by atoms with van der Waals surface area (Å²) in [6, 6.07) is -0.753. The van der Waals surface area contributed by atoms with E-state index in [0.717, 1.165) is 11.3 Å². The Morgan fingerprint density at radius 1 is 1.58 bits per heavy atom. The molecule has 1 aliphatic heterocycles. The highest BCUT2D eigenvalue weighted by Crippen LogP contribution is 2.27. The molecule has 7 nitrogen and oxygen atoms in total. The Labute approximate surface area is 110 Å². The predicted octanol–water partition coefficient (Wildman–Crippen LogP) is 0.313. The number of likely N-dealkylation sites (tertiary alicyclic amines) is 1. The molecule has 1 amide bonds. The zero-order valence-corrected chi connectivity index (χ0v) is 11.2. The lowest BCUT2D eigenvalue weighted by molar-refractivity contribution is -0.146. The van der Waals surface area contributed by atoms with Gasteiger partial charge in [0.15, 0.2) is 0 Å². The number of aryl methyl sites for hydroxylation is 2. The van der Waals surface area contributed by atoms with Gasteiger partial charge < -0.3 is 14.7 Å². The fourth-order valence-corrected chi connectivity index (χ4v) is 2.48. The van der Waals surface area contributed by atoms with Gasteiger partial charge in [0.1, 0.15) is 6.04 Å². The van der Waals surface area contributed by atoms with Crippen molar-refractivity contribution in [3.63, 3.8) is 0 Å². The third-order valence-electron chi connectivity index (χ3n) is 3.42. The van der Waals surface area contributed by atoms with Gasteiger partial charge in [-0.2, -0.15) is 5.10 Å². The van der Waals surface area contributed by atoms with Crippen molar-refractivity contribution >= 4 is 11.9 Å². The summed E-state index contributed by atoms with van der Waals surface area (Å²) in [5.41, 5.74) is 1.50. The summed E-state index contributed by atoms with van der Waals surface area (Å²) in [4.78, 5) is 24.3. The SMILES string of the molecule is COc1c(CN2C(=O)CCC2C(=O)O)c(C)nn1C. The van der Waals surface area contributed by atoms with Crippen LogP contribution in [-0.2, 0) is 23.2 Å². The number of nitrogens with zero attached hydrogens (tertiary/aromatic N) is 3.